The lowest BCUT2D eigenvalue weighted by Gasteiger charge is -2.08. The van der Waals surface area contributed by atoms with E-state index in [0.717, 1.165) is 5.56 Å². The summed E-state index contributed by atoms with van der Waals surface area (Å²) < 4.78 is 0. The van der Waals surface area contributed by atoms with Gasteiger partial charge < -0.3 is 4.84 Å². The van der Waals surface area contributed by atoms with Gasteiger partial charge in [0.2, 0.25) is 0 Å². The second kappa shape index (κ2) is 6.10. The van der Waals surface area contributed by atoms with Gasteiger partial charge in [-0.1, -0.05) is 35.5 Å². The van der Waals surface area contributed by atoms with Crippen LogP contribution in [0.15, 0.2) is 58.8 Å². The number of rotatable bonds is 3. The van der Waals surface area contributed by atoms with Gasteiger partial charge in [0.15, 0.2) is 5.78 Å². The predicted octanol–water partition coefficient (Wildman–Crippen LogP) is 2.60. The lowest BCUT2D eigenvalue weighted by Crippen LogP contribution is -2.12. The quantitative estimate of drug-likeness (QED) is 0.481. The summed E-state index contributed by atoms with van der Waals surface area (Å²) in [5, 5.41) is 3.82. The Balaban J connectivity index is 2.01. The first kappa shape index (κ1) is 13.9. The maximum absolute atomic E-state index is 11.7. The Morgan fingerprint density at radius 1 is 1.10 bits per heavy atom. The molecule has 4 nitrogen and oxygen atoms in total. The highest BCUT2D eigenvalue weighted by atomic mass is 16.7. The van der Waals surface area contributed by atoms with Crippen LogP contribution in [0.25, 0.3) is 0 Å². The molecule has 2 rings (SSSR count). The maximum atomic E-state index is 11.7. The molecule has 0 saturated carbocycles. The number of allylic oxidation sites excluding steroid dienone is 4. The SMILES string of the molecule is CC1=C/C(=N\OC(=O)Cc2ccccc2)C(C)=CC1=O. The van der Waals surface area contributed by atoms with Crippen molar-refractivity contribution in [2.45, 2.75) is 20.3 Å². The van der Waals surface area contributed by atoms with E-state index in [-0.39, 0.29) is 12.2 Å². The van der Waals surface area contributed by atoms with Crippen molar-refractivity contribution in [3.63, 3.8) is 0 Å². The number of hydrogen-bond acceptors (Lipinski definition) is 4. The van der Waals surface area contributed by atoms with Gasteiger partial charge in [-0.05, 0) is 42.7 Å². The van der Waals surface area contributed by atoms with E-state index in [1.54, 1.807) is 19.9 Å². The number of carbonyl (C=O) groups excluding carboxylic acids is 2. The minimum atomic E-state index is -0.431. The highest BCUT2D eigenvalue weighted by molar-refractivity contribution is 6.21. The van der Waals surface area contributed by atoms with Crippen LogP contribution < -0.4 is 0 Å². The summed E-state index contributed by atoms with van der Waals surface area (Å²) in [6.45, 7) is 3.46. The lowest BCUT2D eigenvalue weighted by molar-refractivity contribution is -0.142. The van der Waals surface area contributed by atoms with Gasteiger partial charge in [0.1, 0.15) is 5.71 Å². The van der Waals surface area contributed by atoms with Crippen molar-refractivity contribution >= 4 is 17.5 Å². The molecular weight excluding hydrogens is 254 g/mol. The molecular formula is C16H15NO3. The number of oxime groups is 1. The summed E-state index contributed by atoms with van der Waals surface area (Å²) in [5.74, 6) is -0.475. The number of carbonyl (C=O) groups is 2. The van der Waals surface area contributed by atoms with E-state index < -0.39 is 5.97 Å². The molecule has 0 heterocycles. The molecule has 0 N–H and O–H groups in total. The van der Waals surface area contributed by atoms with E-state index in [4.69, 9.17) is 4.84 Å². The summed E-state index contributed by atoms with van der Waals surface area (Å²) in [5.41, 5.74) is 2.64. The second-order valence-electron chi connectivity index (χ2n) is 4.62. The molecule has 0 aromatic heterocycles. The summed E-state index contributed by atoms with van der Waals surface area (Å²) in [4.78, 5) is 28.0. The van der Waals surface area contributed by atoms with Crippen molar-refractivity contribution in [3.05, 3.63) is 59.2 Å². The zero-order valence-electron chi connectivity index (χ0n) is 11.4. The van der Waals surface area contributed by atoms with Gasteiger partial charge in [0.05, 0.1) is 6.42 Å². The van der Waals surface area contributed by atoms with Crippen molar-refractivity contribution < 1.29 is 14.4 Å². The molecule has 0 amide bonds. The normalized spacial score (nSPS) is 16.7. The molecule has 1 aliphatic rings. The maximum Gasteiger partial charge on any atom is 0.339 e. The fraction of sp³-hybridized carbons (Fsp3) is 0.188. The van der Waals surface area contributed by atoms with E-state index >= 15 is 0 Å². The van der Waals surface area contributed by atoms with Crippen molar-refractivity contribution in [2.24, 2.45) is 5.16 Å². The number of nitrogens with zero attached hydrogens (tertiary/aromatic N) is 1. The van der Waals surface area contributed by atoms with Crippen LogP contribution in [0, 0.1) is 0 Å². The third-order valence-corrected chi connectivity index (χ3v) is 2.93. The fourth-order valence-corrected chi connectivity index (χ4v) is 1.77. The number of ketones is 1. The Morgan fingerprint density at radius 3 is 2.50 bits per heavy atom. The summed E-state index contributed by atoms with van der Waals surface area (Å²) in [6.07, 6.45) is 3.27. The van der Waals surface area contributed by atoms with E-state index in [0.29, 0.717) is 16.9 Å². The molecule has 0 atom stereocenters. The standard InChI is InChI=1S/C16H15NO3/c1-11-9-15(18)12(2)8-14(11)17-20-16(19)10-13-6-4-3-5-7-13/h3-9H,10H2,1-2H3/b17-14+. The average molecular weight is 269 g/mol. The number of benzene rings is 1. The number of hydrogen-bond donors (Lipinski definition) is 0. The molecule has 1 aromatic rings. The van der Waals surface area contributed by atoms with Gasteiger partial charge in [0, 0.05) is 0 Å². The van der Waals surface area contributed by atoms with Crippen LogP contribution in [-0.2, 0) is 20.8 Å². The van der Waals surface area contributed by atoms with Gasteiger partial charge in [-0.15, -0.1) is 0 Å². The van der Waals surface area contributed by atoms with E-state index in [1.165, 1.54) is 6.08 Å². The Labute approximate surface area is 117 Å². The molecule has 0 radical (unpaired) electrons. The Bertz CT molecular complexity index is 624. The summed E-state index contributed by atoms with van der Waals surface area (Å²) in [6, 6.07) is 9.31. The van der Waals surface area contributed by atoms with Crippen LogP contribution in [0.4, 0.5) is 0 Å². The van der Waals surface area contributed by atoms with Gasteiger partial charge in [-0.2, -0.15) is 0 Å². The topological polar surface area (TPSA) is 55.7 Å². The highest BCUT2D eigenvalue weighted by Crippen LogP contribution is 2.12. The van der Waals surface area contributed by atoms with E-state index in [2.05, 4.69) is 5.16 Å². The molecule has 0 unspecified atom stereocenters. The van der Waals surface area contributed by atoms with Gasteiger partial charge >= 0.3 is 5.97 Å². The molecule has 0 spiro atoms. The highest BCUT2D eigenvalue weighted by Gasteiger charge is 2.14. The molecule has 102 valence electrons. The van der Waals surface area contributed by atoms with Crippen LogP contribution >= 0.6 is 0 Å². The molecule has 0 fully saturated rings. The minimum absolute atomic E-state index is 0.0444. The zero-order valence-corrected chi connectivity index (χ0v) is 11.4. The predicted molar refractivity (Wildman–Crippen MR) is 76.2 cm³/mol. The summed E-state index contributed by atoms with van der Waals surface area (Å²) in [7, 11) is 0. The molecule has 0 bridgehead atoms. The van der Waals surface area contributed by atoms with E-state index in [9.17, 15) is 9.59 Å². The first-order valence-electron chi connectivity index (χ1n) is 6.29. The fourth-order valence-electron chi connectivity index (χ4n) is 1.77. The first-order valence-corrected chi connectivity index (χ1v) is 6.29. The molecule has 20 heavy (non-hydrogen) atoms. The smallest absolute Gasteiger partial charge is 0.317 e. The van der Waals surface area contributed by atoms with Crippen LogP contribution in [0.5, 0.6) is 0 Å². The first-order chi connectivity index (χ1) is 9.56. The van der Waals surface area contributed by atoms with Crippen molar-refractivity contribution in [2.75, 3.05) is 0 Å². The summed E-state index contributed by atoms with van der Waals surface area (Å²) >= 11 is 0. The molecule has 0 saturated heterocycles. The minimum Gasteiger partial charge on any atom is -0.317 e. The zero-order chi connectivity index (χ0) is 14.5. The second-order valence-corrected chi connectivity index (χ2v) is 4.62. The van der Waals surface area contributed by atoms with Gasteiger partial charge in [-0.25, -0.2) is 4.79 Å². The van der Waals surface area contributed by atoms with Crippen LogP contribution in [0.1, 0.15) is 19.4 Å². The lowest BCUT2D eigenvalue weighted by atomic mass is 9.99. The van der Waals surface area contributed by atoms with E-state index in [1.807, 2.05) is 30.3 Å². The van der Waals surface area contributed by atoms with Gasteiger partial charge in [0.25, 0.3) is 0 Å². The monoisotopic (exact) mass is 269 g/mol. The van der Waals surface area contributed by atoms with Crippen LogP contribution in [-0.4, -0.2) is 17.5 Å². The Kier molecular flexibility index (Phi) is 4.25. The van der Waals surface area contributed by atoms with Crippen LogP contribution in [0.2, 0.25) is 0 Å². The molecule has 4 heteroatoms. The molecule has 1 aromatic carbocycles. The van der Waals surface area contributed by atoms with Crippen molar-refractivity contribution in [3.8, 4) is 0 Å². The third kappa shape index (κ3) is 3.51. The van der Waals surface area contributed by atoms with Gasteiger partial charge in [-0.3, -0.25) is 4.79 Å². The van der Waals surface area contributed by atoms with Crippen molar-refractivity contribution in [1.29, 1.82) is 0 Å². The third-order valence-electron chi connectivity index (χ3n) is 2.93. The Hall–Kier alpha value is -2.49. The molecule has 0 aliphatic heterocycles. The largest absolute Gasteiger partial charge is 0.339 e. The van der Waals surface area contributed by atoms with Crippen LogP contribution in [0.3, 0.4) is 0 Å². The van der Waals surface area contributed by atoms with Crippen molar-refractivity contribution in [1.82, 2.24) is 0 Å². The Morgan fingerprint density at radius 2 is 1.80 bits per heavy atom. The average Bonchev–Trinajstić information content (AvgIpc) is 2.42. The molecule has 1 aliphatic carbocycles.